The average Bonchev–Trinajstić information content (AvgIpc) is 3.28. The van der Waals surface area contributed by atoms with Crippen molar-refractivity contribution in [1.29, 1.82) is 0 Å². The van der Waals surface area contributed by atoms with Crippen molar-refractivity contribution in [3.05, 3.63) is 66.3 Å². The number of fused-ring (bicyclic) bond motifs is 1. The molecular formula is C26H28N6. The van der Waals surface area contributed by atoms with Crippen molar-refractivity contribution in [3.63, 3.8) is 0 Å². The molecule has 0 radical (unpaired) electrons. The third kappa shape index (κ3) is 4.18. The van der Waals surface area contributed by atoms with Crippen molar-refractivity contribution in [1.82, 2.24) is 30.2 Å². The molecule has 162 valence electrons. The van der Waals surface area contributed by atoms with Crippen LogP contribution in [0.1, 0.15) is 44.4 Å². The summed E-state index contributed by atoms with van der Waals surface area (Å²) in [5.41, 5.74) is 8.62. The number of allylic oxidation sites excluding steroid dienone is 1. The van der Waals surface area contributed by atoms with Gasteiger partial charge in [-0.2, -0.15) is 0 Å². The van der Waals surface area contributed by atoms with Crippen LogP contribution in [0.5, 0.6) is 0 Å². The highest BCUT2D eigenvalue weighted by atomic mass is 14.9. The predicted molar refractivity (Wildman–Crippen MR) is 129 cm³/mol. The van der Waals surface area contributed by atoms with Gasteiger partial charge in [-0.05, 0) is 67.7 Å². The summed E-state index contributed by atoms with van der Waals surface area (Å²) in [6.45, 7) is 6.39. The number of aryl methyl sites for hydroxylation is 1. The number of pyridine rings is 3. The highest BCUT2D eigenvalue weighted by Gasteiger charge is 2.17. The van der Waals surface area contributed by atoms with Crippen LogP contribution in [0.2, 0.25) is 0 Å². The number of hydrogen-bond acceptors (Lipinski definition) is 5. The van der Waals surface area contributed by atoms with Crippen molar-refractivity contribution in [3.8, 4) is 22.8 Å². The Morgan fingerprint density at radius 3 is 2.72 bits per heavy atom. The van der Waals surface area contributed by atoms with Gasteiger partial charge in [0.1, 0.15) is 5.69 Å². The van der Waals surface area contributed by atoms with Crippen molar-refractivity contribution in [2.45, 2.75) is 52.1 Å². The molecule has 4 aromatic rings. The topological polar surface area (TPSA) is 79.4 Å². The molecule has 4 heterocycles. The van der Waals surface area contributed by atoms with Gasteiger partial charge in [0.05, 0.1) is 34.4 Å². The molecule has 0 saturated carbocycles. The van der Waals surface area contributed by atoms with Crippen molar-refractivity contribution < 1.29 is 0 Å². The number of aromatic amines is 1. The monoisotopic (exact) mass is 424 g/mol. The van der Waals surface area contributed by atoms with E-state index in [0.29, 0.717) is 12.1 Å². The van der Waals surface area contributed by atoms with Crippen LogP contribution in [0.3, 0.4) is 0 Å². The van der Waals surface area contributed by atoms with E-state index >= 15 is 0 Å². The molecule has 0 bridgehead atoms. The quantitative estimate of drug-likeness (QED) is 0.453. The molecule has 32 heavy (non-hydrogen) atoms. The third-order valence-corrected chi connectivity index (χ3v) is 5.91. The smallest absolute Gasteiger partial charge is 0.116 e. The predicted octanol–water partition coefficient (Wildman–Crippen LogP) is 5.32. The van der Waals surface area contributed by atoms with E-state index in [1.165, 1.54) is 5.57 Å². The second kappa shape index (κ2) is 8.63. The van der Waals surface area contributed by atoms with Crippen LogP contribution in [0.15, 0.2) is 55.0 Å². The Kier molecular flexibility index (Phi) is 5.53. The van der Waals surface area contributed by atoms with Gasteiger partial charge in [-0.25, -0.2) is 9.97 Å². The summed E-state index contributed by atoms with van der Waals surface area (Å²) in [7, 11) is 0. The Balaban J connectivity index is 1.47. The molecule has 6 heteroatoms. The number of aromatic nitrogens is 5. The standard InChI is InChI=1S/C26H28N6/c1-16(2)30-20-9-7-18(8-10-20)19-13-24-21(27-14-19)11-12-23(32-24)26-25(28-15-29-26)22-6-4-5-17(3)31-22/h4-7,11-16,20,30H,8-10H2,1-3H3,(H,28,29). The summed E-state index contributed by atoms with van der Waals surface area (Å²) >= 11 is 0. The first kappa shape index (κ1) is 20.5. The van der Waals surface area contributed by atoms with E-state index in [0.717, 1.165) is 64.3 Å². The first-order chi connectivity index (χ1) is 15.6. The zero-order chi connectivity index (χ0) is 22.1. The summed E-state index contributed by atoms with van der Waals surface area (Å²) < 4.78 is 0. The summed E-state index contributed by atoms with van der Waals surface area (Å²) in [6.07, 6.45) is 9.29. The molecule has 2 N–H and O–H groups in total. The van der Waals surface area contributed by atoms with Crippen LogP contribution < -0.4 is 5.32 Å². The molecule has 0 spiro atoms. The molecule has 0 aliphatic heterocycles. The molecule has 1 aliphatic carbocycles. The number of hydrogen-bond donors (Lipinski definition) is 2. The molecule has 0 saturated heterocycles. The first-order valence-corrected chi connectivity index (χ1v) is 11.3. The van der Waals surface area contributed by atoms with Gasteiger partial charge in [0.25, 0.3) is 0 Å². The SMILES string of the molecule is Cc1cccc(-c2nc[nH]c2-c2ccc3ncc(C4=CCC(NC(C)C)CC4)cc3n2)n1. The van der Waals surface area contributed by atoms with Crippen LogP contribution >= 0.6 is 0 Å². The second-order valence-corrected chi connectivity index (χ2v) is 8.77. The number of nitrogens with zero attached hydrogens (tertiary/aromatic N) is 4. The third-order valence-electron chi connectivity index (χ3n) is 5.91. The normalized spacial score (nSPS) is 16.5. The fourth-order valence-corrected chi connectivity index (χ4v) is 4.40. The molecule has 0 aromatic carbocycles. The van der Waals surface area contributed by atoms with Crippen molar-refractivity contribution in [2.24, 2.45) is 0 Å². The van der Waals surface area contributed by atoms with Gasteiger partial charge in [-0.15, -0.1) is 0 Å². The Morgan fingerprint density at radius 2 is 1.94 bits per heavy atom. The maximum absolute atomic E-state index is 4.93. The van der Waals surface area contributed by atoms with Crippen LogP contribution in [-0.4, -0.2) is 37.0 Å². The van der Waals surface area contributed by atoms with E-state index < -0.39 is 0 Å². The number of imidazole rings is 1. The van der Waals surface area contributed by atoms with Crippen LogP contribution in [0, 0.1) is 6.92 Å². The Hall–Kier alpha value is -3.38. The molecule has 1 atom stereocenters. The molecule has 1 unspecified atom stereocenters. The number of nitrogens with one attached hydrogen (secondary N) is 2. The minimum atomic E-state index is 0.516. The second-order valence-electron chi connectivity index (χ2n) is 8.77. The molecule has 1 aliphatic rings. The summed E-state index contributed by atoms with van der Waals surface area (Å²) in [4.78, 5) is 22.0. The maximum atomic E-state index is 4.93. The van der Waals surface area contributed by atoms with Gasteiger partial charge >= 0.3 is 0 Å². The van der Waals surface area contributed by atoms with Crippen LogP contribution in [0.4, 0.5) is 0 Å². The minimum Gasteiger partial charge on any atom is -0.343 e. The maximum Gasteiger partial charge on any atom is 0.116 e. The van der Waals surface area contributed by atoms with Gasteiger partial charge in [0.2, 0.25) is 0 Å². The van der Waals surface area contributed by atoms with Gasteiger partial charge in [-0.1, -0.05) is 26.0 Å². The Labute approximate surface area is 188 Å². The number of rotatable bonds is 5. The van der Waals surface area contributed by atoms with Gasteiger partial charge in [-0.3, -0.25) is 9.97 Å². The molecule has 0 amide bonds. The lowest BCUT2D eigenvalue weighted by Gasteiger charge is -2.25. The van der Waals surface area contributed by atoms with Gasteiger partial charge in [0, 0.05) is 24.0 Å². The van der Waals surface area contributed by atoms with E-state index in [1.54, 1.807) is 6.33 Å². The van der Waals surface area contributed by atoms with E-state index in [4.69, 9.17) is 4.98 Å². The Bertz CT molecular complexity index is 1290. The zero-order valence-corrected chi connectivity index (χ0v) is 18.8. The number of H-pyrrole nitrogens is 1. The lowest BCUT2D eigenvalue weighted by Crippen LogP contribution is -2.35. The van der Waals surface area contributed by atoms with E-state index in [9.17, 15) is 0 Å². The van der Waals surface area contributed by atoms with E-state index in [-0.39, 0.29) is 0 Å². The lowest BCUT2D eigenvalue weighted by atomic mass is 9.91. The van der Waals surface area contributed by atoms with Crippen LogP contribution in [0.25, 0.3) is 39.4 Å². The zero-order valence-electron chi connectivity index (χ0n) is 18.8. The molecule has 0 fully saturated rings. The van der Waals surface area contributed by atoms with Gasteiger partial charge in [0.15, 0.2) is 0 Å². The largest absolute Gasteiger partial charge is 0.343 e. The highest BCUT2D eigenvalue weighted by molar-refractivity contribution is 5.83. The highest BCUT2D eigenvalue weighted by Crippen LogP contribution is 2.30. The molecule has 6 nitrogen and oxygen atoms in total. The summed E-state index contributed by atoms with van der Waals surface area (Å²) in [5, 5.41) is 3.64. The summed E-state index contributed by atoms with van der Waals surface area (Å²) in [6, 6.07) is 13.2. The fraction of sp³-hybridized carbons (Fsp3) is 0.308. The van der Waals surface area contributed by atoms with E-state index in [1.807, 2.05) is 43.5 Å². The van der Waals surface area contributed by atoms with Gasteiger partial charge < -0.3 is 10.3 Å². The van der Waals surface area contributed by atoms with Crippen LogP contribution in [-0.2, 0) is 0 Å². The first-order valence-electron chi connectivity index (χ1n) is 11.3. The summed E-state index contributed by atoms with van der Waals surface area (Å²) in [5.74, 6) is 0. The molecule has 5 rings (SSSR count). The van der Waals surface area contributed by atoms with E-state index in [2.05, 4.69) is 51.2 Å². The lowest BCUT2D eigenvalue weighted by molar-refractivity contribution is 0.437. The fourth-order valence-electron chi connectivity index (χ4n) is 4.40. The average molecular weight is 425 g/mol. The molecular weight excluding hydrogens is 396 g/mol. The molecule has 4 aromatic heterocycles. The minimum absolute atomic E-state index is 0.516. The Morgan fingerprint density at radius 1 is 1.03 bits per heavy atom. The van der Waals surface area contributed by atoms with Crippen molar-refractivity contribution in [2.75, 3.05) is 0 Å². The van der Waals surface area contributed by atoms with Crippen molar-refractivity contribution >= 4 is 16.6 Å².